The first-order chi connectivity index (χ1) is 12.0. The van der Waals surface area contributed by atoms with Gasteiger partial charge in [0, 0.05) is 36.8 Å². The first-order valence-corrected chi connectivity index (χ1v) is 7.78. The van der Waals surface area contributed by atoms with Gasteiger partial charge in [0.25, 0.3) is 0 Å². The topological polar surface area (TPSA) is 62.9 Å². The van der Waals surface area contributed by atoms with E-state index in [1.807, 2.05) is 49.3 Å². The van der Waals surface area contributed by atoms with Gasteiger partial charge in [-0.1, -0.05) is 12.1 Å². The van der Waals surface area contributed by atoms with Crippen molar-refractivity contribution in [3.8, 4) is 17.1 Å². The molecule has 1 heterocycles. The summed E-state index contributed by atoms with van der Waals surface area (Å²) < 4.78 is 11.4. The summed E-state index contributed by atoms with van der Waals surface area (Å²) in [5, 5.41) is 9.65. The van der Waals surface area contributed by atoms with E-state index in [0.29, 0.717) is 11.3 Å². The van der Waals surface area contributed by atoms with Crippen LogP contribution < -0.4 is 9.64 Å². The molecular formula is C20H19NO4. The van der Waals surface area contributed by atoms with Gasteiger partial charge in [-0.3, -0.25) is 0 Å². The number of carboxylic acids is 1. The van der Waals surface area contributed by atoms with Gasteiger partial charge in [-0.15, -0.1) is 0 Å². The van der Waals surface area contributed by atoms with Gasteiger partial charge in [0.1, 0.15) is 5.76 Å². The number of carboxylic acid groups (broad SMARTS) is 1. The van der Waals surface area contributed by atoms with Crippen LogP contribution in [0.4, 0.5) is 5.69 Å². The van der Waals surface area contributed by atoms with Crippen LogP contribution in [0.5, 0.6) is 5.75 Å². The number of carbonyl (C=O) groups is 1. The highest BCUT2D eigenvalue weighted by Crippen LogP contribution is 2.35. The van der Waals surface area contributed by atoms with Crippen molar-refractivity contribution < 1.29 is 19.1 Å². The smallest absolute Gasteiger partial charge is 0.328 e. The molecule has 0 aliphatic rings. The Bertz CT molecular complexity index is 953. The van der Waals surface area contributed by atoms with Crippen molar-refractivity contribution in [2.45, 2.75) is 0 Å². The Balaban J connectivity index is 2.10. The van der Waals surface area contributed by atoms with E-state index in [0.717, 1.165) is 34.0 Å². The Hall–Kier alpha value is -3.21. The van der Waals surface area contributed by atoms with Gasteiger partial charge in [-0.25, -0.2) is 4.79 Å². The first-order valence-electron chi connectivity index (χ1n) is 7.78. The molecule has 128 valence electrons. The molecule has 3 rings (SSSR count). The zero-order valence-corrected chi connectivity index (χ0v) is 14.3. The number of nitrogens with zero attached hydrogens (tertiary/aromatic N) is 1. The summed E-state index contributed by atoms with van der Waals surface area (Å²) in [5.41, 5.74) is 3.42. The third kappa shape index (κ3) is 3.50. The predicted molar refractivity (Wildman–Crippen MR) is 99.2 cm³/mol. The van der Waals surface area contributed by atoms with Gasteiger partial charge in [0.2, 0.25) is 0 Å². The van der Waals surface area contributed by atoms with Crippen LogP contribution in [0, 0.1) is 0 Å². The number of furan rings is 1. The van der Waals surface area contributed by atoms with Crippen molar-refractivity contribution in [3.05, 3.63) is 54.1 Å². The minimum atomic E-state index is -0.993. The Morgan fingerprint density at radius 2 is 2.00 bits per heavy atom. The van der Waals surface area contributed by atoms with E-state index in [9.17, 15) is 4.79 Å². The van der Waals surface area contributed by atoms with Crippen molar-refractivity contribution in [1.82, 2.24) is 0 Å². The molecule has 0 atom stereocenters. The van der Waals surface area contributed by atoms with Crippen LogP contribution in [0.1, 0.15) is 5.56 Å². The van der Waals surface area contributed by atoms with Crippen LogP contribution >= 0.6 is 0 Å². The van der Waals surface area contributed by atoms with Crippen LogP contribution in [0.2, 0.25) is 0 Å². The van der Waals surface area contributed by atoms with Crippen LogP contribution in [0.25, 0.3) is 28.4 Å². The highest BCUT2D eigenvalue weighted by molar-refractivity contribution is 5.91. The molecule has 0 aliphatic carbocycles. The first kappa shape index (κ1) is 16.6. The van der Waals surface area contributed by atoms with E-state index in [4.69, 9.17) is 14.3 Å². The Labute approximate surface area is 145 Å². The maximum absolute atomic E-state index is 10.7. The zero-order valence-electron chi connectivity index (χ0n) is 14.3. The molecule has 2 aromatic carbocycles. The minimum absolute atomic E-state index is 0.567. The molecule has 0 saturated carbocycles. The van der Waals surface area contributed by atoms with Crippen LogP contribution in [0.3, 0.4) is 0 Å². The van der Waals surface area contributed by atoms with E-state index in [1.54, 1.807) is 13.2 Å². The summed E-state index contributed by atoms with van der Waals surface area (Å²) in [4.78, 5) is 12.8. The number of fused-ring (bicyclic) bond motifs is 1. The summed E-state index contributed by atoms with van der Waals surface area (Å²) in [7, 11) is 5.54. The van der Waals surface area contributed by atoms with E-state index in [2.05, 4.69) is 6.07 Å². The summed E-state index contributed by atoms with van der Waals surface area (Å²) in [6.07, 6.45) is 2.63. The van der Waals surface area contributed by atoms with Crippen molar-refractivity contribution in [2.75, 3.05) is 26.1 Å². The molecular weight excluding hydrogens is 318 g/mol. The zero-order chi connectivity index (χ0) is 18.0. The predicted octanol–water partition coefficient (Wildman–Crippen LogP) is 4.27. The Morgan fingerprint density at radius 1 is 1.20 bits per heavy atom. The number of ether oxygens (including phenoxy) is 1. The minimum Gasteiger partial charge on any atom is -0.493 e. The fourth-order valence-electron chi connectivity index (χ4n) is 2.64. The van der Waals surface area contributed by atoms with E-state index < -0.39 is 5.97 Å². The fraction of sp³-hybridized carbons (Fsp3) is 0.150. The van der Waals surface area contributed by atoms with Gasteiger partial charge >= 0.3 is 5.97 Å². The molecule has 25 heavy (non-hydrogen) atoms. The third-order valence-corrected chi connectivity index (χ3v) is 3.89. The van der Waals surface area contributed by atoms with Crippen LogP contribution in [0.15, 0.2) is 53.0 Å². The maximum Gasteiger partial charge on any atom is 0.328 e. The molecule has 5 nitrogen and oxygen atoms in total. The Kier molecular flexibility index (Phi) is 4.48. The number of rotatable bonds is 5. The second-order valence-electron chi connectivity index (χ2n) is 5.87. The molecule has 0 saturated heterocycles. The average Bonchev–Trinajstić information content (AvgIpc) is 3.03. The van der Waals surface area contributed by atoms with E-state index >= 15 is 0 Å². The summed E-state index contributed by atoms with van der Waals surface area (Å²) in [6, 6.07) is 13.6. The molecule has 1 N–H and O–H groups in total. The molecule has 0 unspecified atom stereocenters. The van der Waals surface area contributed by atoms with Crippen molar-refractivity contribution in [2.24, 2.45) is 0 Å². The second kappa shape index (κ2) is 6.73. The molecule has 0 radical (unpaired) electrons. The normalized spacial score (nSPS) is 11.2. The second-order valence-corrected chi connectivity index (χ2v) is 5.87. The van der Waals surface area contributed by atoms with Gasteiger partial charge in [-0.2, -0.15) is 0 Å². The standard InChI is InChI=1S/C20H19NO4/c1-21(2)16-6-4-5-14(11-16)17-12-15-9-13(7-8-19(22)23)10-18(24-3)20(15)25-17/h4-12H,1-3H3,(H,22,23)/b8-7+. The molecule has 3 aromatic rings. The molecule has 0 aliphatic heterocycles. The van der Waals surface area contributed by atoms with Crippen LogP contribution in [-0.2, 0) is 4.79 Å². The largest absolute Gasteiger partial charge is 0.493 e. The molecule has 0 fully saturated rings. The number of anilines is 1. The van der Waals surface area contributed by atoms with Crippen molar-refractivity contribution in [1.29, 1.82) is 0 Å². The summed E-state index contributed by atoms with van der Waals surface area (Å²) in [6.45, 7) is 0. The molecule has 1 aromatic heterocycles. The van der Waals surface area contributed by atoms with Gasteiger partial charge < -0.3 is 19.2 Å². The highest BCUT2D eigenvalue weighted by Gasteiger charge is 2.12. The highest BCUT2D eigenvalue weighted by atomic mass is 16.5. The maximum atomic E-state index is 10.7. The number of aliphatic carboxylic acids is 1. The molecule has 0 amide bonds. The van der Waals surface area contributed by atoms with Crippen LogP contribution in [-0.4, -0.2) is 32.3 Å². The number of benzene rings is 2. The fourth-order valence-corrected chi connectivity index (χ4v) is 2.64. The van der Waals surface area contributed by atoms with Crippen molar-refractivity contribution >= 4 is 28.7 Å². The quantitative estimate of drug-likeness (QED) is 0.704. The van der Waals surface area contributed by atoms with E-state index in [1.165, 1.54) is 6.08 Å². The monoisotopic (exact) mass is 337 g/mol. The average molecular weight is 337 g/mol. The molecule has 0 bridgehead atoms. The molecule has 0 spiro atoms. The Morgan fingerprint density at radius 3 is 2.68 bits per heavy atom. The SMILES string of the molecule is COc1cc(/C=C/C(=O)O)cc2cc(-c3cccc(N(C)C)c3)oc12. The molecule has 5 heteroatoms. The summed E-state index contributed by atoms with van der Waals surface area (Å²) >= 11 is 0. The number of hydrogen-bond acceptors (Lipinski definition) is 4. The number of methoxy groups -OCH3 is 1. The van der Waals surface area contributed by atoms with Gasteiger partial charge in [-0.05, 0) is 42.0 Å². The van der Waals surface area contributed by atoms with Crippen molar-refractivity contribution in [3.63, 3.8) is 0 Å². The lowest BCUT2D eigenvalue weighted by molar-refractivity contribution is -0.131. The summed E-state index contributed by atoms with van der Waals surface area (Å²) in [5.74, 6) is 0.307. The lowest BCUT2D eigenvalue weighted by Gasteiger charge is -2.12. The van der Waals surface area contributed by atoms with Gasteiger partial charge in [0.05, 0.1) is 7.11 Å². The number of hydrogen-bond donors (Lipinski definition) is 1. The lowest BCUT2D eigenvalue weighted by atomic mass is 10.1. The van der Waals surface area contributed by atoms with E-state index in [-0.39, 0.29) is 0 Å². The third-order valence-electron chi connectivity index (χ3n) is 3.89. The lowest BCUT2D eigenvalue weighted by Crippen LogP contribution is -2.08. The van der Waals surface area contributed by atoms with Gasteiger partial charge in [0.15, 0.2) is 11.3 Å².